The summed E-state index contributed by atoms with van der Waals surface area (Å²) in [6.45, 7) is 0. The zero-order valence-corrected chi connectivity index (χ0v) is 6.45. The van der Waals surface area contributed by atoms with Gasteiger partial charge in [0, 0.05) is 6.20 Å². The molecule has 0 radical (unpaired) electrons. The van der Waals surface area contributed by atoms with Gasteiger partial charge in [0.15, 0.2) is 0 Å². The van der Waals surface area contributed by atoms with Crippen LogP contribution in [0, 0.1) is 12.3 Å². The van der Waals surface area contributed by atoms with E-state index in [2.05, 4.69) is 10.9 Å². The van der Waals surface area contributed by atoms with Crippen LogP contribution in [0.3, 0.4) is 0 Å². The summed E-state index contributed by atoms with van der Waals surface area (Å²) >= 11 is 11.2. The molecule has 0 N–H and O–H groups in total. The second kappa shape index (κ2) is 2.92. The zero-order chi connectivity index (χ0) is 7.56. The molecule has 50 valence electrons. The molecule has 0 saturated heterocycles. The second-order valence-corrected chi connectivity index (χ2v) is 2.43. The summed E-state index contributed by atoms with van der Waals surface area (Å²) in [6, 6.07) is 1.59. The quantitative estimate of drug-likeness (QED) is 0.432. The molecule has 0 atom stereocenters. The number of halogens is 2. The lowest BCUT2D eigenvalue weighted by atomic mass is 10.3. The number of nitrogens with zero attached hydrogens (tertiary/aromatic N) is 1. The minimum absolute atomic E-state index is 0.312. The van der Waals surface area contributed by atoms with E-state index in [0.717, 1.165) is 0 Å². The Kier molecular flexibility index (Phi) is 2.16. The van der Waals surface area contributed by atoms with Crippen LogP contribution < -0.4 is 0 Å². The van der Waals surface area contributed by atoms with Gasteiger partial charge in [0.25, 0.3) is 0 Å². The van der Waals surface area contributed by atoms with Crippen LogP contribution in [0.1, 0.15) is 5.56 Å². The fourth-order valence-corrected chi connectivity index (χ4v) is 0.840. The molecule has 0 aliphatic carbocycles. The molecule has 10 heavy (non-hydrogen) atoms. The SMILES string of the molecule is C#Cc1cc(Cl)cnc1Cl. The minimum atomic E-state index is 0.312. The lowest BCUT2D eigenvalue weighted by Gasteiger charge is -1.93. The van der Waals surface area contributed by atoms with E-state index in [4.69, 9.17) is 29.6 Å². The van der Waals surface area contributed by atoms with Gasteiger partial charge in [-0.1, -0.05) is 29.1 Å². The van der Waals surface area contributed by atoms with Crippen LogP contribution in [0.4, 0.5) is 0 Å². The van der Waals surface area contributed by atoms with Crippen molar-refractivity contribution in [3.63, 3.8) is 0 Å². The van der Waals surface area contributed by atoms with Gasteiger partial charge in [0.1, 0.15) is 5.15 Å². The molecule has 0 fully saturated rings. The largest absolute Gasteiger partial charge is 0.242 e. The summed E-state index contributed by atoms with van der Waals surface area (Å²) in [4.78, 5) is 3.74. The molecule has 1 aromatic heterocycles. The molecule has 1 nitrogen and oxygen atoms in total. The Bertz CT molecular complexity index is 288. The maximum Gasteiger partial charge on any atom is 0.144 e. The van der Waals surface area contributed by atoms with Gasteiger partial charge in [0.05, 0.1) is 10.6 Å². The lowest BCUT2D eigenvalue weighted by Crippen LogP contribution is -1.80. The van der Waals surface area contributed by atoms with Gasteiger partial charge < -0.3 is 0 Å². The molecular weight excluding hydrogens is 169 g/mol. The minimum Gasteiger partial charge on any atom is -0.242 e. The first-order valence-corrected chi connectivity index (χ1v) is 3.27. The van der Waals surface area contributed by atoms with Crippen molar-refractivity contribution in [3.8, 4) is 12.3 Å². The van der Waals surface area contributed by atoms with Gasteiger partial charge in [-0.2, -0.15) is 0 Å². The van der Waals surface area contributed by atoms with Gasteiger partial charge in [0.2, 0.25) is 0 Å². The van der Waals surface area contributed by atoms with E-state index >= 15 is 0 Å². The number of pyridine rings is 1. The molecule has 3 heteroatoms. The van der Waals surface area contributed by atoms with Gasteiger partial charge in [-0.25, -0.2) is 4.98 Å². The van der Waals surface area contributed by atoms with Crippen LogP contribution in [-0.4, -0.2) is 4.98 Å². The highest BCUT2D eigenvalue weighted by Crippen LogP contribution is 2.15. The van der Waals surface area contributed by atoms with Crippen molar-refractivity contribution < 1.29 is 0 Å². The summed E-state index contributed by atoms with van der Waals surface area (Å²) in [5.41, 5.74) is 0.522. The molecule has 0 aliphatic rings. The van der Waals surface area contributed by atoms with Crippen LogP contribution in [-0.2, 0) is 0 Å². The number of hydrogen-bond donors (Lipinski definition) is 0. The third-order valence-corrected chi connectivity index (χ3v) is 1.47. The normalized spacial score (nSPS) is 8.90. The predicted molar refractivity (Wildman–Crippen MR) is 42.2 cm³/mol. The number of terminal acetylenes is 1. The fourth-order valence-electron chi connectivity index (χ4n) is 0.524. The first kappa shape index (κ1) is 7.40. The van der Waals surface area contributed by atoms with Crippen LogP contribution >= 0.6 is 23.2 Å². The van der Waals surface area contributed by atoms with E-state index in [1.54, 1.807) is 6.07 Å². The first-order valence-electron chi connectivity index (χ1n) is 2.51. The summed E-state index contributed by atoms with van der Waals surface area (Å²) in [5.74, 6) is 2.36. The van der Waals surface area contributed by atoms with Crippen LogP contribution in [0.25, 0.3) is 0 Å². The lowest BCUT2D eigenvalue weighted by molar-refractivity contribution is 1.31. The highest BCUT2D eigenvalue weighted by molar-refractivity contribution is 6.32. The van der Waals surface area contributed by atoms with E-state index in [0.29, 0.717) is 15.7 Å². The van der Waals surface area contributed by atoms with Crippen molar-refractivity contribution in [1.29, 1.82) is 0 Å². The maximum atomic E-state index is 5.58. The Morgan fingerprint density at radius 3 is 2.70 bits per heavy atom. The molecule has 0 unspecified atom stereocenters. The molecule has 0 amide bonds. The maximum absolute atomic E-state index is 5.58. The average molecular weight is 172 g/mol. The predicted octanol–water partition coefficient (Wildman–Crippen LogP) is 2.37. The topological polar surface area (TPSA) is 12.9 Å². The Balaban J connectivity index is 3.25. The molecule has 1 rings (SSSR count). The van der Waals surface area contributed by atoms with Crippen LogP contribution in [0.2, 0.25) is 10.2 Å². The zero-order valence-electron chi connectivity index (χ0n) is 4.94. The fraction of sp³-hybridized carbons (Fsp3) is 0. The third kappa shape index (κ3) is 1.41. The molecule has 1 heterocycles. The standard InChI is InChI=1S/C7H3Cl2N/c1-2-5-3-6(8)4-10-7(5)9/h1,3-4H. The van der Waals surface area contributed by atoms with E-state index in [-0.39, 0.29) is 0 Å². The van der Waals surface area contributed by atoms with E-state index in [1.165, 1.54) is 6.20 Å². The molecular formula is C7H3Cl2N. The highest BCUT2D eigenvalue weighted by atomic mass is 35.5. The molecule has 1 aromatic rings. The molecule has 0 spiro atoms. The Morgan fingerprint density at radius 2 is 2.20 bits per heavy atom. The molecule has 0 saturated carbocycles. The Labute approximate surface area is 69.0 Å². The van der Waals surface area contributed by atoms with Gasteiger partial charge in [-0.05, 0) is 6.07 Å². The van der Waals surface area contributed by atoms with E-state index in [9.17, 15) is 0 Å². The smallest absolute Gasteiger partial charge is 0.144 e. The van der Waals surface area contributed by atoms with Crippen molar-refractivity contribution in [2.75, 3.05) is 0 Å². The van der Waals surface area contributed by atoms with Gasteiger partial charge in [-0.15, -0.1) is 6.42 Å². The average Bonchev–Trinajstić information content (AvgIpc) is 1.94. The third-order valence-electron chi connectivity index (χ3n) is 0.961. The monoisotopic (exact) mass is 171 g/mol. The molecule has 0 aliphatic heterocycles. The summed E-state index contributed by atoms with van der Waals surface area (Å²) < 4.78 is 0. The summed E-state index contributed by atoms with van der Waals surface area (Å²) in [5, 5.41) is 0.809. The van der Waals surface area contributed by atoms with E-state index < -0.39 is 0 Å². The first-order chi connectivity index (χ1) is 4.74. The van der Waals surface area contributed by atoms with Gasteiger partial charge in [-0.3, -0.25) is 0 Å². The highest BCUT2D eigenvalue weighted by Gasteiger charge is 1.97. The van der Waals surface area contributed by atoms with E-state index in [1.807, 2.05) is 0 Å². The number of rotatable bonds is 0. The van der Waals surface area contributed by atoms with Gasteiger partial charge >= 0.3 is 0 Å². The number of aromatic nitrogens is 1. The van der Waals surface area contributed by atoms with Crippen LogP contribution in [0.15, 0.2) is 12.3 Å². The second-order valence-electron chi connectivity index (χ2n) is 1.64. The number of hydrogen-bond acceptors (Lipinski definition) is 1. The Hall–Kier alpha value is -0.710. The van der Waals surface area contributed by atoms with Crippen molar-refractivity contribution in [1.82, 2.24) is 4.98 Å². The van der Waals surface area contributed by atoms with Crippen molar-refractivity contribution in [3.05, 3.63) is 28.0 Å². The summed E-state index contributed by atoms with van der Waals surface area (Å²) in [7, 11) is 0. The van der Waals surface area contributed by atoms with Crippen molar-refractivity contribution >= 4 is 23.2 Å². The summed E-state index contributed by atoms with van der Waals surface area (Å²) in [6.07, 6.45) is 6.54. The molecule has 0 bridgehead atoms. The molecule has 0 aromatic carbocycles. The van der Waals surface area contributed by atoms with Crippen molar-refractivity contribution in [2.45, 2.75) is 0 Å². The van der Waals surface area contributed by atoms with Crippen molar-refractivity contribution in [2.24, 2.45) is 0 Å². The Morgan fingerprint density at radius 1 is 1.50 bits per heavy atom. The van der Waals surface area contributed by atoms with Crippen LogP contribution in [0.5, 0.6) is 0 Å².